The molecular weight excluding hydrogens is 760 g/mol. The summed E-state index contributed by atoms with van der Waals surface area (Å²) in [4.78, 5) is 135. The monoisotopic (exact) mass is 814 g/mol. The van der Waals surface area contributed by atoms with Crippen molar-refractivity contribution in [2.45, 2.75) is 94.5 Å². The molecular formula is C32H54N12O13. The molecule has 1 heterocycles. The van der Waals surface area contributed by atoms with E-state index in [0.29, 0.717) is 12.8 Å². The van der Waals surface area contributed by atoms with E-state index in [0.717, 1.165) is 0 Å². The summed E-state index contributed by atoms with van der Waals surface area (Å²) >= 11 is 0. The molecule has 1 saturated heterocycles. The van der Waals surface area contributed by atoms with Crippen LogP contribution in [0, 0.1) is 0 Å². The topological polar surface area (TPSA) is 415 Å². The Morgan fingerprint density at radius 3 is 1.79 bits per heavy atom. The smallest absolute Gasteiger partial charge is 0.245 e. The lowest BCUT2D eigenvalue weighted by molar-refractivity contribution is -0.135. The van der Waals surface area contributed by atoms with Crippen LogP contribution in [0.4, 0.5) is 0 Å². The number of hydrogen-bond donors (Lipinski definition) is 14. The molecule has 320 valence electrons. The van der Waals surface area contributed by atoms with Gasteiger partial charge in [-0.25, -0.2) is 0 Å². The number of unbranched alkanes of at least 4 members (excludes halogenated alkanes) is 1. The van der Waals surface area contributed by atoms with Gasteiger partial charge in [-0.15, -0.1) is 0 Å². The molecule has 1 aliphatic rings. The molecule has 0 aromatic rings. The second-order valence-electron chi connectivity index (χ2n) is 12.8. The average Bonchev–Trinajstić information content (AvgIpc) is 3.60. The van der Waals surface area contributed by atoms with E-state index in [1.165, 1.54) is 6.92 Å². The first kappa shape index (κ1) is 49.1. The Morgan fingerprint density at radius 1 is 0.667 bits per heavy atom. The fourth-order valence-electron chi connectivity index (χ4n) is 4.95. The van der Waals surface area contributed by atoms with Gasteiger partial charge in [-0.3, -0.25) is 52.7 Å². The van der Waals surface area contributed by atoms with E-state index in [4.69, 9.17) is 17.2 Å². The molecule has 0 unspecified atom stereocenters. The van der Waals surface area contributed by atoms with Crippen molar-refractivity contribution in [2.75, 3.05) is 39.4 Å². The lowest BCUT2D eigenvalue weighted by atomic mass is 10.1. The van der Waals surface area contributed by atoms with Crippen LogP contribution in [-0.2, 0) is 52.7 Å². The molecule has 0 radical (unpaired) electrons. The Hall–Kier alpha value is -5.95. The highest BCUT2D eigenvalue weighted by Gasteiger charge is 2.32. The number of hydrogen-bond acceptors (Lipinski definition) is 14. The molecule has 0 spiro atoms. The standard InChI is InChI=1S/C32H54N12O13/c1-16(39-30(55)19-6-8-24(49)40-19)27(52)42-17(4-2-3-10-33)31(56)44-21(15-46)32(57)43-18(5-7-22(34)47)28(53)38-12-25(50)37-13-26(51)41-20(14-45)29(54)36-11-9-23(35)48/h16-21,45-46H,2-15,33H2,1H3,(H2,34,47)(H2,35,48)(H,36,54)(H,37,50)(H,38,53)(H,39,55)(H,40,49)(H,41,51)(H,42,52)(H,43,57)(H,44,56)/t16-,17-,18-,19-,20-,21-/m0/s1. The number of nitrogens with two attached hydrogens (primary N) is 3. The Bertz CT molecular complexity index is 1480. The zero-order valence-corrected chi connectivity index (χ0v) is 31.5. The molecule has 25 heteroatoms. The highest BCUT2D eigenvalue weighted by Crippen LogP contribution is 2.08. The Kier molecular flexibility index (Phi) is 22.4. The molecule has 0 aromatic heterocycles. The number of aliphatic hydroxyl groups is 2. The number of carbonyl (C=O) groups is 11. The van der Waals surface area contributed by atoms with Crippen LogP contribution in [0.25, 0.3) is 0 Å². The van der Waals surface area contributed by atoms with Crippen molar-refractivity contribution in [3.05, 3.63) is 0 Å². The van der Waals surface area contributed by atoms with Crippen molar-refractivity contribution in [3.8, 4) is 0 Å². The summed E-state index contributed by atoms with van der Waals surface area (Å²) in [6.45, 7) is -1.76. The van der Waals surface area contributed by atoms with E-state index in [1.807, 2.05) is 0 Å². The van der Waals surface area contributed by atoms with E-state index in [1.54, 1.807) is 0 Å². The van der Waals surface area contributed by atoms with E-state index < -0.39 is 128 Å². The van der Waals surface area contributed by atoms with Crippen molar-refractivity contribution in [1.82, 2.24) is 47.9 Å². The highest BCUT2D eigenvalue weighted by molar-refractivity contribution is 5.97. The SMILES string of the molecule is C[C@H](NC(=O)[C@@H]1CCC(=O)N1)C(=O)N[C@@H](CCCCN)C(=O)N[C@@H](CO)C(=O)N[C@@H](CCC(N)=O)C(=O)NCC(=O)NCC(=O)N[C@@H](CO)C(=O)NCCC(N)=O. The summed E-state index contributed by atoms with van der Waals surface area (Å²) in [5.74, 6) is -8.86. The molecule has 25 nitrogen and oxygen atoms in total. The van der Waals surface area contributed by atoms with Crippen LogP contribution in [0.15, 0.2) is 0 Å². The zero-order valence-electron chi connectivity index (χ0n) is 31.5. The third-order valence-corrected chi connectivity index (χ3v) is 8.15. The van der Waals surface area contributed by atoms with Crippen molar-refractivity contribution in [3.63, 3.8) is 0 Å². The normalized spacial score (nSPS) is 15.9. The summed E-state index contributed by atoms with van der Waals surface area (Å²) < 4.78 is 0. The van der Waals surface area contributed by atoms with E-state index >= 15 is 0 Å². The minimum Gasteiger partial charge on any atom is -0.394 e. The van der Waals surface area contributed by atoms with Gasteiger partial charge in [0.1, 0.15) is 36.3 Å². The van der Waals surface area contributed by atoms with Gasteiger partial charge in [0, 0.05) is 25.8 Å². The first-order valence-corrected chi connectivity index (χ1v) is 18.0. The van der Waals surface area contributed by atoms with Crippen LogP contribution in [-0.4, -0.2) is 151 Å². The van der Waals surface area contributed by atoms with Gasteiger partial charge in [0.2, 0.25) is 65.0 Å². The summed E-state index contributed by atoms with van der Waals surface area (Å²) in [7, 11) is 0. The largest absolute Gasteiger partial charge is 0.394 e. The van der Waals surface area contributed by atoms with Crippen LogP contribution < -0.4 is 65.1 Å². The Labute approximate surface area is 326 Å². The van der Waals surface area contributed by atoms with Gasteiger partial charge in [0.05, 0.1) is 26.3 Å². The summed E-state index contributed by atoms with van der Waals surface area (Å²) in [6.07, 6.45) is 0.276. The van der Waals surface area contributed by atoms with Crippen molar-refractivity contribution < 1.29 is 63.0 Å². The summed E-state index contributed by atoms with van der Waals surface area (Å²) in [5, 5.41) is 40.1. The Balaban J connectivity index is 2.84. The molecule has 0 aliphatic carbocycles. The minimum atomic E-state index is -1.69. The molecule has 11 amide bonds. The second kappa shape index (κ2) is 26.0. The lowest BCUT2D eigenvalue weighted by Crippen LogP contribution is -2.59. The number of aliphatic hydroxyl groups excluding tert-OH is 2. The maximum Gasteiger partial charge on any atom is 0.245 e. The maximum atomic E-state index is 13.3. The molecule has 0 saturated carbocycles. The van der Waals surface area contributed by atoms with Gasteiger partial charge < -0.3 is 75.3 Å². The van der Waals surface area contributed by atoms with Gasteiger partial charge in [-0.2, -0.15) is 0 Å². The Morgan fingerprint density at radius 2 is 1.21 bits per heavy atom. The van der Waals surface area contributed by atoms with Crippen LogP contribution in [0.5, 0.6) is 0 Å². The average molecular weight is 815 g/mol. The van der Waals surface area contributed by atoms with Gasteiger partial charge in [-0.05, 0) is 45.6 Å². The molecule has 1 aliphatic heterocycles. The lowest BCUT2D eigenvalue weighted by Gasteiger charge is -2.25. The molecule has 1 rings (SSSR count). The van der Waals surface area contributed by atoms with Gasteiger partial charge in [0.15, 0.2) is 0 Å². The summed E-state index contributed by atoms with van der Waals surface area (Å²) in [6, 6.07) is -7.86. The second-order valence-corrected chi connectivity index (χ2v) is 12.8. The summed E-state index contributed by atoms with van der Waals surface area (Å²) in [5.41, 5.74) is 15.7. The third-order valence-electron chi connectivity index (χ3n) is 8.15. The minimum absolute atomic E-state index is 0.0387. The third kappa shape index (κ3) is 19.5. The first-order valence-electron chi connectivity index (χ1n) is 18.0. The van der Waals surface area contributed by atoms with Crippen LogP contribution in [0.3, 0.4) is 0 Å². The number of nitrogens with one attached hydrogen (secondary N) is 9. The van der Waals surface area contributed by atoms with Crippen molar-refractivity contribution in [2.24, 2.45) is 17.2 Å². The molecule has 0 bridgehead atoms. The fraction of sp³-hybridized carbons (Fsp3) is 0.656. The van der Waals surface area contributed by atoms with Gasteiger partial charge >= 0.3 is 0 Å². The first-order chi connectivity index (χ1) is 26.9. The molecule has 57 heavy (non-hydrogen) atoms. The maximum absolute atomic E-state index is 13.3. The number of rotatable bonds is 27. The predicted octanol–water partition coefficient (Wildman–Crippen LogP) is -8.69. The van der Waals surface area contributed by atoms with E-state index in [-0.39, 0.29) is 51.1 Å². The number of carbonyl (C=O) groups excluding carboxylic acids is 11. The molecule has 6 atom stereocenters. The van der Waals surface area contributed by atoms with Gasteiger partial charge in [0.25, 0.3) is 0 Å². The van der Waals surface area contributed by atoms with Crippen LogP contribution in [0.1, 0.15) is 58.3 Å². The quantitative estimate of drug-likeness (QED) is 0.0343. The highest BCUT2D eigenvalue weighted by atomic mass is 16.3. The molecule has 17 N–H and O–H groups in total. The molecule has 1 fully saturated rings. The zero-order chi connectivity index (χ0) is 43.1. The van der Waals surface area contributed by atoms with Crippen molar-refractivity contribution >= 4 is 65.0 Å². The van der Waals surface area contributed by atoms with E-state index in [9.17, 15) is 63.0 Å². The van der Waals surface area contributed by atoms with Crippen LogP contribution >= 0.6 is 0 Å². The predicted molar refractivity (Wildman–Crippen MR) is 195 cm³/mol. The van der Waals surface area contributed by atoms with Crippen LogP contribution in [0.2, 0.25) is 0 Å². The van der Waals surface area contributed by atoms with E-state index in [2.05, 4.69) is 47.9 Å². The molecule has 0 aromatic carbocycles. The fourth-order valence-corrected chi connectivity index (χ4v) is 4.95. The number of primary amides is 2. The van der Waals surface area contributed by atoms with Gasteiger partial charge in [-0.1, -0.05) is 0 Å². The number of amides is 11. The van der Waals surface area contributed by atoms with Crippen molar-refractivity contribution in [1.29, 1.82) is 0 Å².